The summed E-state index contributed by atoms with van der Waals surface area (Å²) in [5, 5.41) is 3.55. The van der Waals surface area contributed by atoms with Crippen molar-refractivity contribution < 1.29 is 9.59 Å². The fourth-order valence-electron chi connectivity index (χ4n) is 3.54. The van der Waals surface area contributed by atoms with Crippen molar-refractivity contribution in [3.8, 4) is 10.4 Å². The minimum atomic E-state index is -0.448. The quantitative estimate of drug-likeness (QED) is 0.752. The maximum atomic E-state index is 12.8. The van der Waals surface area contributed by atoms with E-state index in [1.165, 1.54) is 16.7 Å². The molecular weight excluding hydrogens is 406 g/mol. The Hall–Kier alpha value is -1.89. The number of rotatable bonds is 6. The first-order chi connectivity index (χ1) is 13.8. The molecule has 1 aromatic carbocycles. The average Bonchev–Trinajstić information content (AvgIpc) is 3.14. The van der Waals surface area contributed by atoms with E-state index in [1.807, 2.05) is 36.9 Å². The van der Waals surface area contributed by atoms with Gasteiger partial charge in [-0.15, -0.1) is 11.3 Å². The summed E-state index contributed by atoms with van der Waals surface area (Å²) < 4.78 is 0. The van der Waals surface area contributed by atoms with Crippen molar-refractivity contribution in [3.05, 3.63) is 46.3 Å². The topological polar surface area (TPSA) is 52.7 Å². The number of thiophene rings is 1. The smallest absolute Gasteiger partial charge is 0.245 e. The highest BCUT2D eigenvalue weighted by Crippen LogP contribution is 2.30. The van der Waals surface area contributed by atoms with Crippen LogP contribution in [0.1, 0.15) is 25.6 Å². The molecule has 0 aliphatic carbocycles. The van der Waals surface area contributed by atoms with Gasteiger partial charge in [0.2, 0.25) is 11.8 Å². The van der Waals surface area contributed by atoms with Gasteiger partial charge in [0.15, 0.2) is 0 Å². The van der Waals surface area contributed by atoms with Gasteiger partial charge in [-0.3, -0.25) is 14.5 Å². The highest BCUT2D eigenvalue weighted by Gasteiger charge is 2.30. The van der Waals surface area contributed by atoms with Crippen LogP contribution in [-0.2, 0) is 16.1 Å². The molecule has 0 saturated carbocycles. The summed E-state index contributed by atoms with van der Waals surface area (Å²) in [6.07, 6.45) is 0. The van der Waals surface area contributed by atoms with E-state index < -0.39 is 6.04 Å². The molecule has 1 N–H and O–H groups in total. The van der Waals surface area contributed by atoms with Crippen LogP contribution in [0.25, 0.3) is 10.4 Å². The van der Waals surface area contributed by atoms with Crippen molar-refractivity contribution in [2.75, 3.05) is 26.2 Å². The van der Waals surface area contributed by atoms with Crippen molar-refractivity contribution in [3.63, 3.8) is 0 Å². The number of nitrogens with zero attached hydrogens (tertiary/aromatic N) is 2. The molecule has 1 fully saturated rings. The first-order valence-corrected chi connectivity index (χ1v) is 11.2. The van der Waals surface area contributed by atoms with Gasteiger partial charge in [0.05, 0.1) is 0 Å². The van der Waals surface area contributed by atoms with Gasteiger partial charge in [0.1, 0.15) is 6.04 Å². The molecular formula is C22H28ClN3O2S. The summed E-state index contributed by atoms with van der Waals surface area (Å²) in [5.41, 5.74) is 1.14. The first-order valence-electron chi connectivity index (χ1n) is 9.96. The van der Waals surface area contributed by atoms with Gasteiger partial charge in [-0.25, -0.2) is 0 Å². The van der Waals surface area contributed by atoms with Crippen molar-refractivity contribution in [2.45, 2.75) is 33.4 Å². The molecule has 5 nitrogen and oxygen atoms in total. The Morgan fingerprint density at radius 2 is 1.86 bits per heavy atom. The number of hydrogen-bond donors (Lipinski definition) is 1. The number of carbonyl (C=O) groups excluding carboxylic acids is 2. The maximum Gasteiger partial charge on any atom is 0.245 e. The van der Waals surface area contributed by atoms with E-state index in [2.05, 4.69) is 28.4 Å². The number of carbonyl (C=O) groups is 2. The first kappa shape index (κ1) is 21.8. The fourth-order valence-corrected chi connectivity index (χ4v) is 4.77. The van der Waals surface area contributed by atoms with Crippen molar-refractivity contribution in [2.24, 2.45) is 5.92 Å². The zero-order chi connectivity index (χ0) is 21.0. The number of nitrogens with one attached hydrogen (secondary N) is 1. The second kappa shape index (κ2) is 9.74. The van der Waals surface area contributed by atoms with Crippen LogP contribution in [0.4, 0.5) is 0 Å². The van der Waals surface area contributed by atoms with E-state index in [-0.39, 0.29) is 17.7 Å². The molecule has 3 rings (SSSR count). The lowest BCUT2D eigenvalue weighted by Gasteiger charge is -2.37. The zero-order valence-electron chi connectivity index (χ0n) is 17.2. The molecule has 1 aliphatic rings. The molecule has 29 heavy (non-hydrogen) atoms. The molecule has 2 heterocycles. The van der Waals surface area contributed by atoms with Gasteiger partial charge >= 0.3 is 0 Å². The summed E-state index contributed by atoms with van der Waals surface area (Å²) in [6, 6.07) is 11.8. The maximum absolute atomic E-state index is 12.8. The summed E-state index contributed by atoms with van der Waals surface area (Å²) in [6.45, 7) is 9.31. The largest absolute Gasteiger partial charge is 0.344 e. The van der Waals surface area contributed by atoms with Gasteiger partial charge < -0.3 is 10.2 Å². The number of piperazine rings is 1. The highest BCUT2D eigenvalue weighted by atomic mass is 35.5. The lowest BCUT2D eigenvalue weighted by Crippen LogP contribution is -2.56. The average molecular weight is 434 g/mol. The minimum absolute atomic E-state index is 0.0224. The predicted molar refractivity (Wildman–Crippen MR) is 119 cm³/mol. The molecule has 2 amide bonds. The number of benzene rings is 1. The second-order valence-corrected chi connectivity index (χ2v) is 9.40. The molecule has 0 bridgehead atoms. The molecule has 0 radical (unpaired) electrons. The standard InChI is InChI=1S/C22H28ClN3O2S/c1-15(2)21(24-16(3)27)22(28)26-11-9-25(10-12-26)14-19-7-8-20(29-19)17-5-4-6-18(23)13-17/h4-8,13,15,21H,9-12,14H2,1-3H3,(H,24,27). The van der Waals surface area contributed by atoms with Gasteiger partial charge in [0, 0.05) is 54.4 Å². The van der Waals surface area contributed by atoms with E-state index in [0.717, 1.165) is 30.2 Å². The molecule has 1 unspecified atom stereocenters. The highest BCUT2D eigenvalue weighted by molar-refractivity contribution is 7.15. The predicted octanol–water partition coefficient (Wildman–Crippen LogP) is 3.87. The minimum Gasteiger partial charge on any atom is -0.344 e. The van der Waals surface area contributed by atoms with E-state index in [9.17, 15) is 9.59 Å². The lowest BCUT2D eigenvalue weighted by molar-refractivity contribution is -0.138. The van der Waals surface area contributed by atoms with Crippen LogP contribution in [0.3, 0.4) is 0 Å². The number of hydrogen-bond acceptors (Lipinski definition) is 4. The fraction of sp³-hybridized carbons (Fsp3) is 0.455. The van der Waals surface area contributed by atoms with Gasteiger partial charge in [-0.1, -0.05) is 37.6 Å². The lowest BCUT2D eigenvalue weighted by atomic mass is 10.0. The van der Waals surface area contributed by atoms with Crippen LogP contribution in [-0.4, -0.2) is 53.8 Å². The van der Waals surface area contributed by atoms with Crippen LogP contribution in [0, 0.1) is 5.92 Å². The van der Waals surface area contributed by atoms with Gasteiger partial charge in [0.25, 0.3) is 0 Å². The second-order valence-electron chi connectivity index (χ2n) is 7.80. The van der Waals surface area contributed by atoms with Gasteiger partial charge in [-0.05, 0) is 35.7 Å². The Morgan fingerprint density at radius 3 is 2.48 bits per heavy atom. The van der Waals surface area contributed by atoms with E-state index in [1.54, 1.807) is 11.3 Å². The Bertz CT molecular complexity index is 859. The van der Waals surface area contributed by atoms with E-state index in [0.29, 0.717) is 13.1 Å². The number of halogens is 1. The molecule has 1 atom stereocenters. The molecule has 156 valence electrons. The van der Waals surface area contributed by atoms with Crippen molar-refractivity contribution in [1.82, 2.24) is 15.1 Å². The summed E-state index contributed by atoms with van der Waals surface area (Å²) in [7, 11) is 0. The van der Waals surface area contributed by atoms with Crippen LogP contribution < -0.4 is 5.32 Å². The number of amides is 2. The van der Waals surface area contributed by atoms with E-state index >= 15 is 0 Å². The molecule has 2 aromatic rings. The normalized spacial score (nSPS) is 16.1. The summed E-state index contributed by atoms with van der Waals surface area (Å²) >= 11 is 7.89. The van der Waals surface area contributed by atoms with Crippen LogP contribution in [0.15, 0.2) is 36.4 Å². The van der Waals surface area contributed by atoms with Crippen molar-refractivity contribution >= 4 is 34.8 Å². The van der Waals surface area contributed by atoms with Crippen LogP contribution in [0.2, 0.25) is 5.02 Å². The SMILES string of the molecule is CC(=O)NC(C(=O)N1CCN(Cc2ccc(-c3cccc(Cl)c3)s2)CC1)C(C)C. The third-order valence-corrected chi connectivity index (χ3v) is 6.48. The summed E-state index contributed by atoms with van der Waals surface area (Å²) in [4.78, 5) is 31.0. The Labute approximate surface area is 181 Å². The Balaban J connectivity index is 1.55. The molecule has 1 aromatic heterocycles. The molecule has 1 saturated heterocycles. The monoisotopic (exact) mass is 433 g/mol. The Kier molecular flexibility index (Phi) is 7.33. The molecule has 1 aliphatic heterocycles. The molecule has 0 spiro atoms. The third kappa shape index (κ3) is 5.81. The summed E-state index contributed by atoms with van der Waals surface area (Å²) in [5.74, 6) is -0.0708. The van der Waals surface area contributed by atoms with Crippen LogP contribution >= 0.6 is 22.9 Å². The van der Waals surface area contributed by atoms with E-state index in [4.69, 9.17) is 11.6 Å². The van der Waals surface area contributed by atoms with Crippen LogP contribution in [0.5, 0.6) is 0 Å². The third-order valence-electron chi connectivity index (χ3n) is 5.13. The van der Waals surface area contributed by atoms with Gasteiger partial charge in [-0.2, -0.15) is 0 Å². The zero-order valence-corrected chi connectivity index (χ0v) is 18.7. The Morgan fingerprint density at radius 1 is 1.14 bits per heavy atom. The molecule has 7 heteroatoms. The van der Waals surface area contributed by atoms with Crippen molar-refractivity contribution in [1.29, 1.82) is 0 Å².